The zero-order valence-corrected chi connectivity index (χ0v) is 12.2. The predicted octanol–water partition coefficient (Wildman–Crippen LogP) is 1.71. The molecule has 0 spiro atoms. The summed E-state index contributed by atoms with van der Waals surface area (Å²) in [7, 11) is 1.53. The lowest BCUT2D eigenvalue weighted by Crippen LogP contribution is -2.46. The van der Waals surface area contributed by atoms with Crippen LogP contribution in [0, 0.1) is 0 Å². The first-order valence-electron chi connectivity index (χ1n) is 6.81. The third-order valence-corrected chi connectivity index (χ3v) is 3.71. The van der Waals surface area contributed by atoms with Gasteiger partial charge in [0.05, 0.1) is 25.7 Å². The molecule has 0 amide bonds. The minimum absolute atomic E-state index is 0.0880. The summed E-state index contributed by atoms with van der Waals surface area (Å²) in [6.07, 6.45) is 1.07. The predicted molar refractivity (Wildman–Crippen MR) is 75.0 cm³/mol. The number of benzene rings is 1. The third kappa shape index (κ3) is 2.72. The van der Waals surface area contributed by atoms with E-state index in [1.807, 2.05) is 13.0 Å². The van der Waals surface area contributed by atoms with Gasteiger partial charge < -0.3 is 19.9 Å². The van der Waals surface area contributed by atoms with E-state index < -0.39 is 5.54 Å². The van der Waals surface area contributed by atoms with Crippen LogP contribution >= 0.6 is 0 Å². The zero-order chi connectivity index (χ0) is 14.8. The van der Waals surface area contributed by atoms with Gasteiger partial charge in [0.1, 0.15) is 0 Å². The summed E-state index contributed by atoms with van der Waals surface area (Å²) in [6, 6.07) is 3.52. The SMILES string of the molecule is CCOC(=O)CC1(C)NCCc2cc(OC)c(O)cc21. The molecule has 110 valence electrons. The van der Waals surface area contributed by atoms with Gasteiger partial charge in [0.25, 0.3) is 0 Å². The Hall–Kier alpha value is -1.75. The number of phenolic OH excluding ortho intramolecular Hbond substituents is 1. The fourth-order valence-electron chi connectivity index (χ4n) is 2.72. The fourth-order valence-corrected chi connectivity index (χ4v) is 2.72. The second-order valence-corrected chi connectivity index (χ2v) is 5.17. The summed E-state index contributed by atoms with van der Waals surface area (Å²) in [6.45, 7) is 4.89. The van der Waals surface area contributed by atoms with E-state index in [-0.39, 0.29) is 18.1 Å². The van der Waals surface area contributed by atoms with Gasteiger partial charge in [0, 0.05) is 6.54 Å². The molecule has 1 aliphatic rings. The number of carbonyl (C=O) groups is 1. The second kappa shape index (κ2) is 5.71. The summed E-state index contributed by atoms with van der Waals surface area (Å²) in [4.78, 5) is 11.8. The molecule has 0 radical (unpaired) electrons. The van der Waals surface area contributed by atoms with E-state index in [2.05, 4.69) is 5.32 Å². The smallest absolute Gasteiger partial charge is 0.307 e. The van der Waals surface area contributed by atoms with Crippen LogP contribution in [0.15, 0.2) is 12.1 Å². The highest BCUT2D eigenvalue weighted by atomic mass is 16.5. The average Bonchev–Trinajstić information content (AvgIpc) is 2.39. The van der Waals surface area contributed by atoms with Gasteiger partial charge in [0.15, 0.2) is 11.5 Å². The summed E-state index contributed by atoms with van der Waals surface area (Å²) in [5, 5.41) is 13.3. The Balaban J connectivity index is 2.36. The lowest BCUT2D eigenvalue weighted by molar-refractivity contribution is -0.144. The molecule has 0 saturated heterocycles. The van der Waals surface area contributed by atoms with Crippen molar-refractivity contribution in [3.05, 3.63) is 23.3 Å². The molecule has 1 aliphatic heterocycles. The molecule has 0 aromatic heterocycles. The van der Waals surface area contributed by atoms with E-state index in [0.29, 0.717) is 12.4 Å². The maximum atomic E-state index is 11.8. The number of carbonyl (C=O) groups excluding carboxylic acids is 1. The lowest BCUT2D eigenvalue weighted by atomic mass is 9.81. The van der Waals surface area contributed by atoms with Crippen LogP contribution in [0.1, 0.15) is 31.4 Å². The number of nitrogens with one attached hydrogen (secondary N) is 1. The van der Waals surface area contributed by atoms with Crippen LogP contribution in [0.25, 0.3) is 0 Å². The molecule has 5 nitrogen and oxygen atoms in total. The molecule has 1 unspecified atom stereocenters. The molecule has 1 aromatic carbocycles. The number of fused-ring (bicyclic) bond motifs is 1. The van der Waals surface area contributed by atoms with Gasteiger partial charge in [-0.05, 0) is 43.5 Å². The minimum Gasteiger partial charge on any atom is -0.504 e. The standard InChI is InChI=1S/C15H21NO4/c1-4-20-14(18)9-15(2)11-8-12(17)13(19-3)7-10(11)5-6-16-15/h7-8,16-17H,4-6,9H2,1-3H3. The zero-order valence-electron chi connectivity index (χ0n) is 12.2. The second-order valence-electron chi connectivity index (χ2n) is 5.17. The molecular weight excluding hydrogens is 258 g/mol. The number of phenols is 1. The molecule has 1 atom stereocenters. The van der Waals surface area contributed by atoms with E-state index in [4.69, 9.17) is 9.47 Å². The fraction of sp³-hybridized carbons (Fsp3) is 0.533. The molecule has 0 bridgehead atoms. The van der Waals surface area contributed by atoms with Gasteiger partial charge in [-0.2, -0.15) is 0 Å². The number of methoxy groups -OCH3 is 1. The number of esters is 1. The molecule has 5 heteroatoms. The van der Waals surface area contributed by atoms with Crippen molar-refractivity contribution in [3.63, 3.8) is 0 Å². The largest absolute Gasteiger partial charge is 0.504 e. The highest BCUT2D eigenvalue weighted by Crippen LogP contribution is 2.38. The molecule has 0 aliphatic carbocycles. The topological polar surface area (TPSA) is 67.8 Å². The summed E-state index contributed by atoms with van der Waals surface area (Å²) < 4.78 is 10.2. The van der Waals surface area contributed by atoms with E-state index in [9.17, 15) is 9.90 Å². The first-order chi connectivity index (χ1) is 9.50. The van der Waals surface area contributed by atoms with E-state index >= 15 is 0 Å². The van der Waals surface area contributed by atoms with Crippen molar-refractivity contribution in [2.75, 3.05) is 20.3 Å². The number of hydrogen-bond donors (Lipinski definition) is 2. The van der Waals surface area contributed by atoms with Crippen molar-refractivity contribution in [3.8, 4) is 11.5 Å². The molecule has 20 heavy (non-hydrogen) atoms. The van der Waals surface area contributed by atoms with Crippen molar-refractivity contribution >= 4 is 5.97 Å². The van der Waals surface area contributed by atoms with Crippen molar-refractivity contribution in [1.82, 2.24) is 5.32 Å². The van der Waals surface area contributed by atoms with E-state index in [1.54, 1.807) is 13.0 Å². The Labute approximate surface area is 118 Å². The van der Waals surface area contributed by atoms with Gasteiger partial charge in [-0.1, -0.05) is 0 Å². The Morgan fingerprint density at radius 2 is 2.25 bits per heavy atom. The third-order valence-electron chi connectivity index (χ3n) is 3.71. The van der Waals surface area contributed by atoms with Crippen LogP contribution in [0.3, 0.4) is 0 Å². The van der Waals surface area contributed by atoms with Crippen LogP contribution in [-0.4, -0.2) is 31.3 Å². The number of rotatable bonds is 4. The maximum Gasteiger partial charge on any atom is 0.307 e. The van der Waals surface area contributed by atoms with Gasteiger partial charge in [0.2, 0.25) is 0 Å². The molecule has 2 rings (SSSR count). The maximum absolute atomic E-state index is 11.8. The van der Waals surface area contributed by atoms with Crippen LogP contribution in [-0.2, 0) is 21.5 Å². The van der Waals surface area contributed by atoms with Crippen LogP contribution in [0.2, 0.25) is 0 Å². The number of aromatic hydroxyl groups is 1. The first kappa shape index (κ1) is 14.7. The van der Waals surface area contributed by atoms with Gasteiger partial charge in [-0.15, -0.1) is 0 Å². The number of ether oxygens (including phenoxy) is 2. The minimum atomic E-state index is -0.524. The van der Waals surface area contributed by atoms with Crippen molar-refractivity contribution < 1.29 is 19.4 Å². The van der Waals surface area contributed by atoms with Crippen LogP contribution < -0.4 is 10.1 Å². The number of hydrogen-bond acceptors (Lipinski definition) is 5. The Morgan fingerprint density at radius 1 is 1.50 bits per heavy atom. The first-order valence-corrected chi connectivity index (χ1v) is 6.81. The average molecular weight is 279 g/mol. The van der Waals surface area contributed by atoms with Crippen molar-refractivity contribution in [2.45, 2.75) is 32.2 Å². The molecule has 2 N–H and O–H groups in total. The van der Waals surface area contributed by atoms with Crippen LogP contribution in [0.5, 0.6) is 11.5 Å². The molecule has 1 aromatic rings. The molecular formula is C15H21NO4. The van der Waals surface area contributed by atoms with E-state index in [1.165, 1.54) is 7.11 Å². The molecule has 0 saturated carbocycles. The Kier molecular flexibility index (Phi) is 4.18. The summed E-state index contributed by atoms with van der Waals surface area (Å²) >= 11 is 0. The monoisotopic (exact) mass is 279 g/mol. The Bertz CT molecular complexity index is 515. The molecule has 1 heterocycles. The van der Waals surface area contributed by atoms with Gasteiger partial charge >= 0.3 is 5.97 Å². The van der Waals surface area contributed by atoms with E-state index in [0.717, 1.165) is 24.1 Å². The highest BCUT2D eigenvalue weighted by molar-refractivity contribution is 5.72. The van der Waals surface area contributed by atoms with Crippen molar-refractivity contribution in [1.29, 1.82) is 0 Å². The summed E-state index contributed by atoms with van der Waals surface area (Å²) in [5.41, 5.74) is 1.49. The molecule has 0 fully saturated rings. The lowest BCUT2D eigenvalue weighted by Gasteiger charge is -2.36. The van der Waals surface area contributed by atoms with Gasteiger partial charge in [-0.3, -0.25) is 4.79 Å². The summed E-state index contributed by atoms with van der Waals surface area (Å²) in [5.74, 6) is 0.305. The highest BCUT2D eigenvalue weighted by Gasteiger charge is 2.35. The normalized spacial score (nSPS) is 21.1. The van der Waals surface area contributed by atoms with Gasteiger partial charge in [-0.25, -0.2) is 0 Å². The quantitative estimate of drug-likeness (QED) is 0.821. The Morgan fingerprint density at radius 3 is 2.90 bits per heavy atom. The van der Waals surface area contributed by atoms with Crippen molar-refractivity contribution in [2.24, 2.45) is 0 Å². The van der Waals surface area contributed by atoms with Crippen LogP contribution in [0.4, 0.5) is 0 Å².